The van der Waals surface area contributed by atoms with Crippen LogP contribution in [0.25, 0.3) is 0 Å². The highest BCUT2D eigenvalue weighted by Crippen LogP contribution is 2.28. The van der Waals surface area contributed by atoms with Crippen LogP contribution < -0.4 is 10.2 Å². The largest absolute Gasteiger partial charge is 0.346 e. The summed E-state index contributed by atoms with van der Waals surface area (Å²) >= 11 is 1.86. The maximum Gasteiger partial charge on any atom is 0.186 e. The quantitative estimate of drug-likeness (QED) is 0.744. The molecule has 1 heterocycles. The van der Waals surface area contributed by atoms with Gasteiger partial charge in [-0.2, -0.15) is 0 Å². The molecule has 0 fully saturated rings. The van der Waals surface area contributed by atoms with Gasteiger partial charge in [0, 0.05) is 24.0 Å². The minimum absolute atomic E-state index is 0.562. The molecular formula is C16H31N3S. The van der Waals surface area contributed by atoms with Crippen LogP contribution in [-0.2, 0) is 13.0 Å². The van der Waals surface area contributed by atoms with E-state index in [1.807, 2.05) is 11.3 Å². The van der Waals surface area contributed by atoms with Crippen LogP contribution >= 0.6 is 11.3 Å². The molecule has 0 amide bonds. The summed E-state index contributed by atoms with van der Waals surface area (Å²) in [6.07, 6.45) is 2.18. The first-order valence-corrected chi connectivity index (χ1v) is 8.80. The van der Waals surface area contributed by atoms with Gasteiger partial charge < -0.3 is 10.2 Å². The van der Waals surface area contributed by atoms with Crippen molar-refractivity contribution in [2.75, 3.05) is 18.0 Å². The van der Waals surface area contributed by atoms with E-state index in [0.29, 0.717) is 12.0 Å². The van der Waals surface area contributed by atoms with E-state index in [4.69, 9.17) is 4.98 Å². The number of hydrogen-bond acceptors (Lipinski definition) is 4. The Hall–Kier alpha value is -0.610. The molecule has 1 aromatic rings. The summed E-state index contributed by atoms with van der Waals surface area (Å²) in [6, 6.07) is 0.562. The lowest BCUT2D eigenvalue weighted by Crippen LogP contribution is -2.32. The lowest BCUT2D eigenvalue weighted by atomic mass is 10.2. The molecule has 1 aromatic heterocycles. The van der Waals surface area contributed by atoms with Crippen LogP contribution in [0.1, 0.15) is 58.5 Å². The third-order valence-electron chi connectivity index (χ3n) is 3.65. The Kier molecular flexibility index (Phi) is 7.52. The zero-order valence-electron chi connectivity index (χ0n) is 14.0. The fourth-order valence-electron chi connectivity index (χ4n) is 2.24. The van der Waals surface area contributed by atoms with E-state index in [1.54, 1.807) is 0 Å². The van der Waals surface area contributed by atoms with Gasteiger partial charge in [-0.15, -0.1) is 11.3 Å². The molecule has 4 heteroatoms. The molecule has 1 rings (SSSR count). The van der Waals surface area contributed by atoms with Crippen molar-refractivity contribution in [3.63, 3.8) is 0 Å². The predicted molar refractivity (Wildman–Crippen MR) is 90.8 cm³/mol. The smallest absolute Gasteiger partial charge is 0.186 e. The van der Waals surface area contributed by atoms with Crippen molar-refractivity contribution < 1.29 is 0 Å². The van der Waals surface area contributed by atoms with Crippen LogP contribution in [0.4, 0.5) is 5.13 Å². The third-order valence-corrected chi connectivity index (χ3v) is 4.78. The van der Waals surface area contributed by atoms with E-state index in [-0.39, 0.29) is 0 Å². The number of rotatable bonds is 9. The number of anilines is 1. The molecule has 3 nitrogen and oxygen atoms in total. The molecular weight excluding hydrogens is 266 g/mol. The van der Waals surface area contributed by atoms with Gasteiger partial charge in [-0.05, 0) is 39.2 Å². The number of aryl methyl sites for hydroxylation is 1. The van der Waals surface area contributed by atoms with E-state index in [1.165, 1.54) is 15.7 Å². The Balaban J connectivity index is 2.81. The van der Waals surface area contributed by atoms with Crippen molar-refractivity contribution in [2.45, 2.75) is 67.0 Å². The molecule has 0 aromatic carbocycles. The highest BCUT2D eigenvalue weighted by molar-refractivity contribution is 7.15. The summed E-state index contributed by atoms with van der Waals surface area (Å²) in [5.41, 5.74) is 1.27. The van der Waals surface area contributed by atoms with Gasteiger partial charge in [0.15, 0.2) is 5.13 Å². The maximum atomic E-state index is 4.87. The third kappa shape index (κ3) is 4.74. The second-order valence-corrected chi connectivity index (χ2v) is 6.85. The van der Waals surface area contributed by atoms with E-state index in [9.17, 15) is 0 Å². The molecule has 0 saturated carbocycles. The lowest BCUT2D eigenvalue weighted by molar-refractivity contribution is 0.553. The number of nitrogens with one attached hydrogen (secondary N) is 1. The molecule has 0 spiro atoms. The highest BCUT2D eigenvalue weighted by Gasteiger charge is 2.17. The number of aromatic nitrogens is 1. The first kappa shape index (κ1) is 17.4. The van der Waals surface area contributed by atoms with Gasteiger partial charge in [0.2, 0.25) is 0 Å². The molecule has 0 radical (unpaired) electrons. The summed E-state index contributed by atoms with van der Waals surface area (Å²) < 4.78 is 0. The average Bonchev–Trinajstić information content (AvgIpc) is 2.82. The van der Waals surface area contributed by atoms with Crippen molar-refractivity contribution in [2.24, 2.45) is 5.92 Å². The second-order valence-electron chi connectivity index (χ2n) is 5.79. The first-order chi connectivity index (χ1) is 9.53. The van der Waals surface area contributed by atoms with Gasteiger partial charge in [0.05, 0.1) is 5.69 Å². The molecule has 1 N–H and O–H groups in total. The summed E-state index contributed by atoms with van der Waals surface area (Å²) in [7, 11) is 0. The van der Waals surface area contributed by atoms with Crippen LogP contribution in [0.3, 0.4) is 0 Å². The monoisotopic (exact) mass is 297 g/mol. The van der Waals surface area contributed by atoms with Gasteiger partial charge in [0.25, 0.3) is 0 Å². The van der Waals surface area contributed by atoms with E-state index < -0.39 is 0 Å². The van der Waals surface area contributed by atoms with Crippen LogP contribution in [-0.4, -0.2) is 24.1 Å². The van der Waals surface area contributed by atoms with Crippen LogP contribution in [0.15, 0.2) is 0 Å². The Bertz CT molecular complexity index is 387. The van der Waals surface area contributed by atoms with Crippen LogP contribution in [0.2, 0.25) is 0 Å². The summed E-state index contributed by atoms with van der Waals surface area (Å²) in [4.78, 5) is 8.70. The normalized spacial score (nSPS) is 12.9. The van der Waals surface area contributed by atoms with Gasteiger partial charge in [0.1, 0.15) is 0 Å². The molecule has 116 valence electrons. The fraction of sp³-hybridized carbons (Fsp3) is 0.812. The molecule has 20 heavy (non-hydrogen) atoms. The minimum Gasteiger partial charge on any atom is -0.346 e. The van der Waals surface area contributed by atoms with E-state index in [0.717, 1.165) is 32.5 Å². The van der Waals surface area contributed by atoms with Crippen LogP contribution in [0.5, 0.6) is 0 Å². The van der Waals surface area contributed by atoms with E-state index in [2.05, 4.69) is 51.8 Å². The van der Waals surface area contributed by atoms with Gasteiger partial charge in [-0.25, -0.2) is 4.98 Å². The molecule has 0 aliphatic carbocycles. The molecule has 0 aliphatic rings. The Morgan fingerprint density at radius 3 is 2.40 bits per heavy atom. The minimum atomic E-state index is 0.562. The molecule has 1 unspecified atom stereocenters. The van der Waals surface area contributed by atoms with Crippen molar-refractivity contribution in [3.05, 3.63) is 10.6 Å². The Morgan fingerprint density at radius 2 is 1.90 bits per heavy atom. The molecule has 0 aliphatic heterocycles. The molecule has 1 atom stereocenters. The second kappa shape index (κ2) is 8.63. The standard InChI is InChI=1S/C16H31N3S/c1-7-13(6)19(9-3)16-18-14(8-2)15(20-16)11-17-10-12(4)5/h12-13,17H,7-11H2,1-6H3. The maximum absolute atomic E-state index is 4.87. The van der Waals surface area contributed by atoms with Gasteiger partial charge in [-0.3, -0.25) is 0 Å². The van der Waals surface area contributed by atoms with Crippen LogP contribution in [0, 0.1) is 5.92 Å². The summed E-state index contributed by atoms with van der Waals surface area (Å²) in [6.45, 7) is 16.5. The zero-order chi connectivity index (χ0) is 15.1. The fourth-order valence-corrected chi connectivity index (χ4v) is 3.52. The van der Waals surface area contributed by atoms with E-state index >= 15 is 0 Å². The molecule has 0 bridgehead atoms. The van der Waals surface area contributed by atoms with Gasteiger partial charge in [-0.1, -0.05) is 27.7 Å². The summed E-state index contributed by atoms with van der Waals surface area (Å²) in [5.74, 6) is 0.694. The SMILES string of the molecule is CCc1nc(N(CC)C(C)CC)sc1CNCC(C)C. The number of nitrogens with zero attached hydrogens (tertiary/aromatic N) is 2. The van der Waals surface area contributed by atoms with Crippen molar-refractivity contribution in [1.82, 2.24) is 10.3 Å². The van der Waals surface area contributed by atoms with Gasteiger partial charge >= 0.3 is 0 Å². The topological polar surface area (TPSA) is 28.2 Å². The molecule has 0 saturated heterocycles. The van der Waals surface area contributed by atoms with Crippen molar-refractivity contribution >= 4 is 16.5 Å². The average molecular weight is 298 g/mol. The van der Waals surface area contributed by atoms with Crippen molar-refractivity contribution in [3.8, 4) is 0 Å². The first-order valence-electron chi connectivity index (χ1n) is 7.99. The Morgan fingerprint density at radius 1 is 1.20 bits per heavy atom. The number of hydrogen-bond donors (Lipinski definition) is 1. The lowest BCUT2D eigenvalue weighted by Gasteiger charge is -2.26. The van der Waals surface area contributed by atoms with Crippen molar-refractivity contribution in [1.29, 1.82) is 0 Å². The number of thiazole rings is 1. The Labute approximate surface area is 128 Å². The highest BCUT2D eigenvalue weighted by atomic mass is 32.1. The predicted octanol–water partition coefficient (Wildman–Crippen LogP) is 4.08. The summed E-state index contributed by atoms with van der Waals surface area (Å²) in [5, 5.41) is 4.74. The zero-order valence-corrected chi connectivity index (χ0v) is 14.8.